The summed E-state index contributed by atoms with van der Waals surface area (Å²) in [5.41, 5.74) is -0.281. The summed E-state index contributed by atoms with van der Waals surface area (Å²) in [5.74, 6) is 0. The molecule has 1 aromatic rings. The minimum absolute atomic E-state index is 0.0834. The average Bonchev–Trinajstić information content (AvgIpc) is 2.38. The minimum Gasteiger partial charge on any atom is -0.393 e. The number of benzene rings is 1. The molecule has 0 aliphatic carbocycles. The number of aliphatic hydroxyl groups excluding tert-OH is 1. The van der Waals surface area contributed by atoms with Gasteiger partial charge in [0.25, 0.3) is 5.69 Å². The molecule has 106 valence electrons. The fourth-order valence-corrected chi connectivity index (χ4v) is 2.50. The van der Waals surface area contributed by atoms with E-state index in [1.807, 2.05) is 0 Å². The largest absolute Gasteiger partial charge is 0.393 e. The molecule has 0 bridgehead atoms. The quantitative estimate of drug-likeness (QED) is 0.575. The van der Waals surface area contributed by atoms with Crippen molar-refractivity contribution in [2.45, 2.75) is 30.8 Å². The summed E-state index contributed by atoms with van der Waals surface area (Å²) in [6, 6.07) is 4.82. The Labute approximate surface area is 111 Å². The third kappa shape index (κ3) is 4.58. The van der Waals surface area contributed by atoms with Crippen LogP contribution < -0.4 is 4.72 Å². The van der Waals surface area contributed by atoms with Crippen molar-refractivity contribution in [3.05, 3.63) is 34.4 Å². The van der Waals surface area contributed by atoms with Crippen LogP contribution in [0.2, 0.25) is 0 Å². The molecule has 0 fully saturated rings. The number of hydrogen-bond acceptors (Lipinski definition) is 5. The Bertz CT molecular complexity index is 544. The number of nitro benzene ring substituents is 1. The van der Waals surface area contributed by atoms with Crippen molar-refractivity contribution in [3.8, 4) is 0 Å². The van der Waals surface area contributed by atoms with E-state index >= 15 is 0 Å². The second-order valence-electron chi connectivity index (χ2n) is 4.00. The minimum atomic E-state index is -3.79. The third-order valence-corrected chi connectivity index (χ3v) is 4.04. The lowest BCUT2D eigenvalue weighted by Crippen LogP contribution is -2.27. The standard InChI is InChI=1S/C11H16N2O5S/c1-2-10(14)6-7-12-19(17,18)11-5-3-4-9(8-11)13(15)16/h3-5,8,10,12,14H,2,6-7H2,1H3. The number of hydrogen-bond donors (Lipinski definition) is 2. The molecule has 0 spiro atoms. The maximum atomic E-state index is 11.9. The van der Waals surface area contributed by atoms with E-state index < -0.39 is 21.1 Å². The van der Waals surface area contributed by atoms with Crippen molar-refractivity contribution in [2.24, 2.45) is 0 Å². The third-order valence-electron chi connectivity index (χ3n) is 2.58. The highest BCUT2D eigenvalue weighted by molar-refractivity contribution is 7.89. The topological polar surface area (TPSA) is 110 Å². The first-order chi connectivity index (χ1) is 8.86. The molecular weight excluding hydrogens is 272 g/mol. The Kier molecular flexibility index (Phi) is 5.40. The smallest absolute Gasteiger partial charge is 0.270 e. The first-order valence-corrected chi connectivity index (χ1v) is 7.27. The van der Waals surface area contributed by atoms with Gasteiger partial charge in [-0.15, -0.1) is 0 Å². The van der Waals surface area contributed by atoms with Gasteiger partial charge in [0.1, 0.15) is 0 Å². The van der Waals surface area contributed by atoms with Crippen LogP contribution in [-0.4, -0.2) is 31.1 Å². The molecule has 0 aliphatic rings. The van der Waals surface area contributed by atoms with Gasteiger partial charge in [-0.2, -0.15) is 0 Å². The lowest BCUT2D eigenvalue weighted by molar-refractivity contribution is -0.385. The van der Waals surface area contributed by atoms with Crippen molar-refractivity contribution in [2.75, 3.05) is 6.54 Å². The zero-order valence-corrected chi connectivity index (χ0v) is 11.3. The van der Waals surface area contributed by atoms with Crippen LogP contribution >= 0.6 is 0 Å². The predicted octanol–water partition coefficient (Wildman–Crippen LogP) is 1.03. The first kappa shape index (κ1) is 15.5. The lowest BCUT2D eigenvalue weighted by Gasteiger charge is -2.09. The second-order valence-corrected chi connectivity index (χ2v) is 5.77. The molecule has 0 amide bonds. The Hall–Kier alpha value is -1.51. The predicted molar refractivity (Wildman–Crippen MR) is 69.2 cm³/mol. The van der Waals surface area contributed by atoms with Crippen LogP contribution in [0.15, 0.2) is 29.2 Å². The van der Waals surface area contributed by atoms with Crippen LogP contribution in [0.1, 0.15) is 19.8 Å². The van der Waals surface area contributed by atoms with E-state index in [9.17, 15) is 23.6 Å². The fraction of sp³-hybridized carbons (Fsp3) is 0.455. The molecule has 1 atom stereocenters. The summed E-state index contributed by atoms with van der Waals surface area (Å²) in [6.45, 7) is 1.87. The van der Waals surface area contributed by atoms with Crippen LogP contribution in [-0.2, 0) is 10.0 Å². The zero-order chi connectivity index (χ0) is 14.5. The number of rotatable bonds is 7. The van der Waals surface area contributed by atoms with Crippen molar-refractivity contribution >= 4 is 15.7 Å². The van der Waals surface area contributed by atoms with Gasteiger partial charge in [0.2, 0.25) is 10.0 Å². The number of non-ortho nitro benzene ring substituents is 1. The van der Waals surface area contributed by atoms with E-state index in [-0.39, 0.29) is 17.1 Å². The van der Waals surface area contributed by atoms with Gasteiger partial charge in [-0.3, -0.25) is 10.1 Å². The number of sulfonamides is 1. The van der Waals surface area contributed by atoms with Gasteiger partial charge in [-0.25, -0.2) is 13.1 Å². The molecule has 19 heavy (non-hydrogen) atoms. The van der Waals surface area contributed by atoms with E-state index in [2.05, 4.69) is 4.72 Å². The molecule has 1 aromatic carbocycles. The number of aliphatic hydroxyl groups is 1. The molecule has 1 rings (SSSR count). The van der Waals surface area contributed by atoms with Gasteiger partial charge < -0.3 is 5.11 Å². The molecule has 0 radical (unpaired) electrons. The second kappa shape index (κ2) is 6.60. The van der Waals surface area contributed by atoms with Gasteiger partial charge in [-0.05, 0) is 18.9 Å². The summed E-state index contributed by atoms with van der Waals surface area (Å²) in [5, 5.41) is 19.9. The van der Waals surface area contributed by atoms with Gasteiger partial charge in [-0.1, -0.05) is 13.0 Å². The van der Waals surface area contributed by atoms with Gasteiger partial charge >= 0.3 is 0 Å². The highest BCUT2D eigenvalue weighted by Crippen LogP contribution is 2.17. The SMILES string of the molecule is CCC(O)CCNS(=O)(=O)c1cccc([N+](=O)[O-])c1. The molecule has 0 heterocycles. The zero-order valence-electron chi connectivity index (χ0n) is 10.4. The Morgan fingerprint density at radius 3 is 2.74 bits per heavy atom. The number of nitro groups is 1. The maximum absolute atomic E-state index is 11.9. The highest BCUT2D eigenvalue weighted by Gasteiger charge is 2.17. The molecule has 0 saturated heterocycles. The van der Waals surface area contributed by atoms with Crippen LogP contribution in [0.4, 0.5) is 5.69 Å². The fourth-order valence-electron chi connectivity index (χ4n) is 1.41. The normalized spacial score (nSPS) is 13.2. The van der Waals surface area contributed by atoms with Crippen molar-refractivity contribution in [1.29, 1.82) is 0 Å². The van der Waals surface area contributed by atoms with Gasteiger partial charge in [0.15, 0.2) is 0 Å². The summed E-state index contributed by atoms with van der Waals surface area (Å²) < 4.78 is 26.0. The molecule has 1 unspecified atom stereocenters. The van der Waals surface area contributed by atoms with E-state index in [1.54, 1.807) is 6.92 Å². The lowest BCUT2D eigenvalue weighted by atomic mass is 10.2. The van der Waals surface area contributed by atoms with Crippen LogP contribution in [0, 0.1) is 10.1 Å². The Balaban J connectivity index is 2.77. The van der Waals surface area contributed by atoms with Crippen LogP contribution in [0.5, 0.6) is 0 Å². The van der Waals surface area contributed by atoms with E-state index in [4.69, 9.17) is 0 Å². The van der Waals surface area contributed by atoms with Crippen molar-refractivity contribution < 1.29 is 18.4 Å². The van der Waals surface area contributed by atoms with Crippen molar-refractivity contribution in [1.82, 2.24) is 4.72 Å². The highest BCUT2D eigenvalue weighted by atomic mass is 32.2. The molecule has 8 heteroatoms. The summed E-state index contributed by atoms with van der Waals surface area (Å²) in [6.07, 6.45) is 0.274. The van der Waals surface area contributed by atoms with Gasteiger partial charge in [0.05, 0.1) is 15.9 Å². The Morgan fingerprint density at radius 1 is 1.47 bits per heavy atom. The molecule has 0 aromatic heterocycles. The summed E-state index contributed by atoms with van der Waals surface area (Å²) in [7, 11) is -3.79. The number of nitrogens with one attached hydrogen (secondary N) is 1. The molecule has 0 aliphatic heterocycles. The van der Waals surface area contributed by atoms with E-state index in [0.29, 0.717) is 12.8 Å². The van der Waals surface area contributed by atoms with Crippen LogP contribution in [0.3, 0.4) is 0 Å². The summed E-state index contributed by atoms with van der Waals surface area (Å²) in [4.78, 5) is 9.77. The average molecular weight is 288 g/mol. The monoisotopic (exact) mass is 288 g/mol. The molecule has 7 nitrogen and oxygen atoms in total. The van der Waals surface area contributed by atoms with Crippen LogP contribution in [0.25, 0.3) is 0 Å². The van der Waals surface area contributed by atoms with Gasteiger partial charge in [0, 0.05) is 18.7 Å². The number of nitrogens with zero attached hydrogens (tertiary/aromatic N) is 1. The molecule has 0 saturated carbocycles. The maximum Gasteiger partial charge on any atom is 0.270 e. The molecular formula is C11H16N2O5S. The Morgan fingerprint density at radius 2 is 2.16 bits per heavy atom. The van der Waals surface area contributed by atoms with Crippen molar-refractivity contribution in [3.63, 3.8) is 0 Å². The van der Waals surface area contributed by atoms with E-state index in [1.165, 1.54) is 18.2 Å². The molecule has 2 N–H and O–H groups in total. The van der Waals surface area contributed by atoms with E-state index in [0.717, 1.165) is 6.07 Å². The summed E-state index contributed by atoms with van der Waals surface area (Å²) >= 11 is 0. The first-order valence-electron chi connectivity index (χ1n) is 5.79.